The summed E-state index contributed by atoms with van der Waals surface area (Å²) in [5, 5.41) is 0. The summed E-state index contributed by atoms with van der Waals surface area (Å²) in [4.78, 5) is 38.3. The molecule has 82 heavy (non-hydrogen) atoms. The lowest BCUT2D eigenvalue weighted by molar-refractivity contribution is -0.167. The Hall–Kier alpha value is -3.93. The Morgan fingerprint density at radius 3 is 0.744 bits per heavy atom. The zero-order valence-corrected chi connectivity index (χ0v) is 54.0. The van der Waals surface area contributed by atoms with Gasteiger partial charge < -0.3 is 14.2 Å². The Labute approximate surface area is 508 Å². The van der Waals surface area contributed by atoms with Crippen molar-refractivity contribution in [2.75, 3.05) is 13.2 Å². The highest BCUT2D eigenvalue weighted by atomic mass is 16.6. The van der Waals surface area contributed by atoms with Gasteiger partial charge >= 0.3 is 17.9 Å². The van der Waals surface area contributed by atoms with E-state index in [1.165, 1.54) is 173 Å². The van der Waals surface area contributed by atoms with Gasteiger partial charge in [0, 0.05) is 19.3 Å². The van der Waals surface area contributed by atoms with E-state index in [-0.39, 0.29) is 31.1 Å². The van der Waals surface area contributed by atoms with Gasteiger partial charge in [-0.15, -0.1) is 0 Å². The third-order valence-corrected chi connectivity index (χ3v) is 15.0. The molecule has 470 valence electrons. The lowest BCUT2D eigenvalue weighted by Crippen LogP contribution is -2.30. The van der Waals surface area contributed by atoms with Crippen LogP contribution in [0.1, 0.15) is 335 Å². The molecule has 0 aromatic carbocycles. The number of hydrogen-bond donors (Lipinski definition) is 0. The van der Waals surface area contributed by atoms with E-state index in [4.69, 9.17) is 14.2 Å². The summed E-state index contributed by atoms with van der Waals surface area (Å²) in [7, 11) is 0. The normalized spacial score (nSPS) is 12.8. The van der Waals surface area contributed by atoms with Gasteiger partial charge in [0.1, 0.15) is 13.2 Å². The Balaban J connectivity index is 4.19. The average molecular weight is 1140 g/mol. The Kier molecular flexibility index (Phi) is 66.2. The van der Waals surface area contributed by atoms with Crippen molar-refractivity contribution < 1.29 is 28.6 Å². The molecule has 0 radical (unpaired) electrons. The molecule has 0 bridgehead atoms. The monoisotopic (exact) mass is 1140 g/mol. The highest BCUT2D eigenvalue weighted by molar-refractivity contribution is 5.71. The van der Waals surface area contributed by atoms with Crippen molar-refractivity contribution >= 4 is 17.9 Å². The molecule has 0 rings (SSSR count). The van der Waals surface area contributed by atoms with Gasteiger partial charge in [0.15, 0.2) is 6.10 Å². The van der Waals surface area contributed by atoms with Gasteiger partial charge in [-0.1, -0.05) is 323 Å². The molecule has 0 aliphatic rings. The smallest absolute Gasteiger partial charge is 0.306 e. The molecule has 0 N–H and O–H groups in total. The van der Waals surface area contributed by atoms with Crippen LogP contribution in [0.15, 0.2) is 109 Å². The second kappa shape index (κ2) is 69.6. The lowest BCUT2D eigenvalue weighted by atomic mass is 10.0. The molecule has 0 amide bonds. The zero-order valence-electron chi connectivity index (χ0n) is 54.0. The molecule has 0 spiro atoms. The number of esters is 3. The van der Waals surface area contributed by atoms with Crippen LogP contribution in [0.5, 0.6) is 0 Å². The minimum absolute atomic E-state index is 0.0768. The SMILES string of the molecule is CC/C=C\C/C=C\C/C=C\C/C=C\C/C=C\CCCCCCCCCCCC(=O)OC(COC(=O)CCCCCCCCCCCC)COC(=O)CCCCCCCCCCCCCCCCCC/C=C\C/C=C\C/C=C\C/C=C\CC. The van der Waals surface area contributed by atoms with Crippen LogP contribution in [-0.4, -0.2) is 37.2 Å². The van der Waals surface area contributed by atoms with Crippen LogP contribution >= 0.6 is 0 Å². The molecule has 0 heterocycles. The van der Waals surface area contributed by atoms with E-state index in [1.807, 2.05) is 0 Å². The first kappa shape index (κ1) is 78.1. The summed E-state index contributed by atoms with van der Waals surface area (Å²) >= 11 is 0. The van der Waals surface area contributed by atoms with Gasteiger partial charge in [-0.25, -0.2) is 0 Å². The maximum atomic E-state index is 12.9. The van der Waals surface area contributed by atoms with E-state index in [9.17, 15) is 14.4 Å². The van der Waals surface area contributed by atoms with Crippen LogP contribution in [-0.2, 0) is 28.6 Å². The molecule has 0 fully saturated rings. The van der Waals surface area contributed by atoms with Crippen LogP contribution in [0.25, 0.3) is 0 Å². The van der Waals surface area contributed by atoms with Gasteiger partial charge in [0.2, 0.25) is 0 Å². The number of hydrogen-bond acceptors (Lipinski definition) is 6. The molecule has 1 atom stereocenters. The third kappa shape index (κ3) is 66.9. The van der Waals surface area contributed by atoms with Gasteiger partial charge in [0.05, 0.1) is 0 Å². The highest BCUT2D eigenvalue weighted by Crippen LogP contribution is 2.17. The summed E-state index contributed by atoms with van der Waals surface area (Å²) in [5.74, 6) is -0.871. The fourth-order valence-corrected chi connectivity index (χ4v) is 9.88. The fraction of sp³-hybridized carbons (Fsp3) is 0.724. The van der Waals surface area contributed by atoms with E-state index in [0.717, 1.165) is 122 Å². The van der Waals surface area contributed by atoms with Crippen LogP contribution in [0.4, 0.5) is 0 Å². The summed E-state index contributed by atoms with van der Waals surface area (Å²) < 4.78 is 16.9. The van der Waals surface area contributed by atoms with E-state index in [1.54, 1.807) is 0 Å². The predicted octanol–water partition coefficient (Wildman–Crippen LogP) is 24.2. The van der Waals surface area contributed by atoms with Crippen molar-refractivity contribution in [3.8, 4) is 0 Å². The molecule has 0 saturated heterocycles. The fourth-order valence-electron chi connectivity index (χ4n) is 9.88. The first-order valence-corrected chi connectivity index (χ1v) is 34.9. The van der Waals surface area contributed by atoms with Crippen LogP contribution in [0.2, 0.25) is 0 Å². The number of allylic oxidation sites excluding steroid dienone is 18. The zero-order chi connectivity index (χ0) is 59.2. The molecule has 0 aliphatic heterocycles. The second-order valence-corrected chi connectivity index (χ2v) is 23.0. The quantitative estimate of drug-likeness (QED) is 0.0261. The van der Waals surface area contributed by atoms with Crippen molar-refractivity contribution in [3.63, 3.8) is 0 Å². The summed E-state index contributed by atoms with van der Waals surface area (Å²) in [6.07, 6.45) is 95.5. The maximum absolute atomic E-state index is 12.9. The average Bonchev–Trinajstić information content (AvgIpc) is 3.47. The predicted molar refractivity (Wildman–Crippen MR) is 357 cm³/mol. The molecule has 6 nitrogen and oxygen atoms in total. The van der Waals surface area contributed by atoms with Gasteiger partial charge in [0.25, 0.3) is 0 Å². The largest absolute Gasteiger partial charge is 0.462 e. The van der Waals surface area contributed by atoms with Gasteiger partial charge in [-0.2, -0.15) is 0 Å². The summed E-state index contributed by atoms with van der Waals surface area (Å²) in [6, 6.07) is 0. The first-order chi connectivity index (χ1) is 40.5. The second-order valence-electron chi connectivity index (χ2n) is 23.0. The minimum atomic E-state index is -0.781. The Bertz CT molecular complexity index is 1640. The highest BCUT2D eigenvalue weighted by Gasteiger charge is 2.19. The Morgan fingerprint density at radius 2 is 0.476 bits per heavy atom. The van der Waals surface area contributed by atoms with E-state index in [2.05, 4.69) is 130 Å². The number of carbonyl (C=O) groups excluding carboxylic acids is 3. The van der Waals surface area contributed by atoms with Crippen LogP contribution in [0.3, 0.4) is 0 Å². The molecule has 0 aromatic heterocycles. The Morgan fingerprint density at radius 1 is 0.256 bits per heavy atom. The minimum Gasteiger partial charge on any atom is -0.462 e. The third-order valence-electron chi connectivity index (χ3n) is 15.0. The van der Waals surface area contributed by atoms with E-state index in [0.29, 0.717) is 19.3 Å². The molecule has 0 saturated carbocycles. The first-order valence-electron chi connectivity index (χ1n) is 34.9. The van der Waals surface area contributed by atoms with E-state index < -0.39 is 6.10 Å². The van der Waals surface area contributed by atoms with Gasteiger partial charge in [-0.3, -0.25) is 14.4 Å². The van der Waals surface area contributed by atoms with Crippen LogP contribution in [0, 0.1) is 0 Å². The van der Waals surface area contributed by atoms with Crippen molar-refractivity contribution in [3.05, 3.63) is 109 Å². The summed E-state index contributed by atoms with van der Waals surface area (Å²) in [5.41, 5.74) is 0. The molecular weight excluding hydrogens is 1010 g/mol. The molecule has 6 heteroatoms. The topological polar surface area (TPSA) is 78.9 Å². The molecule has 0 aliphatic carbocycles. The lowest BCUT2D eigenvalue weighted by Gasteiger charge is -2.18. The molecule has 1 unspecified atom stereocenters. The van der Waals surface area contributed by atoms with Crippen molar-refractivity contribution in [2.24, 2.45) is 0 Å². The van der Waals surface area contributed by atoms with Crippen molar-refractivity contribution in [2.45, 2.75) is 341 Å². The molecular formula is C76H130O6. The standard InChI is InChI=1S/C76H130O6/c1-4-7-10-13-16-19-22-24-26-28-30-32-34-36-37-38-39-41-42-44-46-48-50-52-54-57-60-63-66-69-75(78)81-72-73(71-80-74(77)68-65-62-59-56-21-18-15-12-9-6-3)82-76(79)70-67-64-61-58-55-53-51-49-47-45-43-40-35-33-31-29-27-25-23-20-17-14-11-8-5-2/h7-8,10-11,16-17,19-20,24-27,30-33,40,43,73H,4-6,9,12-15,18,21-23,28-29,34-39,41-42,44-72H2,1-3H3/b10-7-,11-8-,19-16-,20-17-,26-24-,27-25-,32-30-,33-31-,43-40-. The number of ether oxygens (including phenoxy) is 3. The number of carbonyl (C=O) groups is 3. The number of rotatable bonds is 63. The summed E-state index contributed by atoms with van der Waals surface area (Å²) in [6.45, 7) is 6.43. The van der Waals surface area contributed by atoms with E-state index >= 15 is 0 Å². The van der Waals surface area contributed by atoms with Crippen molar-refractivity contribution in [1.29, 1.82) is 0 Å². The maximum Gasteiger partial charge on any atom is 0.306 e. The van der Waals surface area contributed by atoms with Crippen molar-refractivity contribution in [1.82, 2.24) is 0 Å². The number of unbranched alkanes of at least 4 members (excludes halogenated alkanes) is 34. The van der Waals surface area contributed by atoms with Crippen LogP contribution < -0.4 is 0 Å². The molecule has 0 aromatic rings. The van der Waals surface area contributed by atoms with Gasteiger partial charge in [-0.05, 0) is 103 Å².